The number of hydrogen-bond acceptors (Lipinski definition) is 3. The van der Waals surface area contributed by atoms with Gasteiger partial charge in [-0.05, 0) is 44.2 Å². The third kappa shape index (κ3) is 3.22. The van der Waals surface area contributed by atoms with Crippen molar-refractivity contribution in [3.63, 3.8) is 0 Å². The molecule has 1 aromatic carbocycles. The summed E-state index contributed by atoms with van der Waals surface area (Å²) in [5.74, 6) is -0.0373. The summed E-state index contributed by atoms with van der Waals surface area (Å²) >= 11 is 1.53. The van der Waals surface area contributed by atoms with Gasteiger partial charge in [0.2, 0.25) is 0 Å². The largest absolute Gasteiger partial charge is 0.321 e. The van der Waals surface area contributed by atoms with Gasteiger partial charge >= 0.3 is 0 Å². The summed E-state index contributed by atoms with van der Waals surface area (Å²) in [6, 6.07) is 9.78. The molecule has 0 saturated heterocycles. The summed E-state index contributed by atoms with van der Waals surface area (Å²) in [5.41, 5.74) is 3.12. The maximum Gasteiger partial charge on any atom is 0.265 e. The van der Waals surface area contributed by atoms with Crippen LogP contribution in [0.15, 0.2) is 30.3 Å². The van der Waals surface area contributed by atoms with E-state index in [1.165, 1.54) is 21.8 Å². The van der Waals surface area contributed by atoms with Crippen LogP contribution in [-0.2, 0) is 6.54 Å². The average molecular weight is 274 g/mol. The fourth-order valence-corrected chi connectivity index (χ4v) is 2.79. The molecule has 0 atom stereocenters. The van der Waals surface area contributed by atoms with E-state index in [0.29, 0.717) is 0 Å². The number of rotatable bonds is 4. The molecule has 0 saturated carbocycles. The van der Waals surface area contributed by atoms with Crippen molar-refractivity contribution in [3.8, 4) is 0 Å². The number of carbonyl (C=O) groups is 1. The molecule has 4 heteroatoms. The summed E-state index contributed by atoms with van der Waals surface area (Å²) in [6.45, 7) is 4.79. The number of anilines is 1. The molecule has 0 fully saturated rings. The van der Waals surface area contributed by atoms with E-state index in [2.05, 4.69) is 10.6 Å². The van der Waals surface area contributed by atoms with Crippen molar-refractivity contribution in [1.29, 1.82) is 0 Å². The van der Waals surface area contributed by atoms with E-state index < -0.39 is 0 Å². The number of para-hydroxylation sites is 1. The predicted molar refractivity (Wildman–Crippen MR) is 81.0 cm³/mol. The molecule has 100 valence electrons. The zero-order valence-electron chi connectivity index (χ0n) is 11.4. The minimum Gasteiger partial charge on any atom is -0.321 e. The Morgan fingerprint density at radius 1 is 1.26 bits per heavy atom. The lowest BCUT2D eigenvalue weighted by molar-refractivity contribution is 0.103. The second kappa shape index (κ2) is 5.99. The lowest BCUT2D eigenvalue weighted by Gasteiger charge is -2.09. The lowest BCUT2D eigenvalue weighted by atomic mass is 10.1. The van der Waals surface area contributed by atoms with Gasteiger partial charge < -0.3 is 10.6 Å². The number of benzene rings is 1. The second-order valence-electron chi connectivity index (χ2n) is 4.49. The highest BCUT2D eigenvalue weighted by molar-refractivity contribution is 7.14. The molecule has 0 unspecified atom stereocenters. The topological polar surface area (TPSA) is 41.1 Å². The summed E-state index contributed by atoms with van der Waals surface area (Å²) in [5, 5.41) is 6.09. The van der Waals surface area contributed by atoms with Crippen LogP contribution in [-0.4, -0.2) is 13.0 Å². The Morgan fingerprint density at radius 2 is 2.00 bits per heavy atom. The Bertz CT molecular complexity index is 570. The molecule has 1 amide bonds. The fourth-order valence-electron chi connectivity index (χ4n) is 1.86. The molecule has 0 spiro atoms. The predicted octanol–water partition coefficient (Wildman–Crippen LogP) is 3.34. The highest BCUT2D eigenvalue weighted by Gasteiger charge is 2.12. The first-order chi connectivity index (χ1) is 9.11. The quantitative estimate of drug-likeness (QED) is 0.898. The van der Waals surface area contributed by atoms with Crippen molar-refractivity contribution < 1.29 is 4.79 Å². The van der Waals surface area contributed by atoms with E-state index in [9.17, 15) is 4.79 Å². The molecule has 0 bridgehead atoms. The van der Waals surface area contributed by atoms with Crippen molar-refractivity contribution in [1.82, 2.24) is 5.32 Å². The van der Waals surface area contributed by atoms with Gasteiger partial charge in [0.1, 0.15) is 0 Å². The molecule has 1 aromatic heterocycles. The van der Waals surface area contributed by atoms with Gasteiger partial charge in [-0.3, -0.25) is 4.79 Å². The number of amides is 1. The molecule has 0 aliphatic heterocycles. The summed E-state index contributed by atoms with van der Waals surface area (Å²) in [7, 11) is 1.89. The van der Waals surface area contributed by atoms with Crippen LogP contribution >= 0.6 is 11.3 Å². The van der Waals surface area contributed by atoms with Gasteiger partial charge in [0.05, 0.1) is 4.88 Å². The van der Waals surface area contributed by atoms with Crippen LogP contribution in [0.3, 0.4) is 0 Å². The first-order valence-electron chi connectivity index (χ1n) is 6.22. The van der Waals surface area contributed by atoms with Gasteiger partial charge in [-0.15, -0.1) is 11.3 Å². The van der Waals surface area contributed by atoms with E-state index in [1.807, 2.05) is 51.2 Å². The van der Waals surface area contributed by atoms with Gasteiger partial charge in [0.15, 0.2) is 0 Å². The van der Waals surface area contributed by atoms with E-state index in [0.717, 1.165) is 22.7 Å². The van der Waals surface area contributed by atoms with Crippen LogP contribution in [0.2, 0.25) is 0 Å². The zero-order chi connectivity index (χ0) is 13.8. The number of thiophene rings is 1. The average Bonchev–Trinajstić information content (AvgIpc) is 2.72. The number of aryl methyl sites for hydroxylation is 2. The lowest BCUT2D eigenvalue weighted by Crippen LogP contribution is -2.14. The van der Waals surface area contributed by atoms with Crippen LogP contribution in [0.4, 0.5) is 5.69 Å². The number of carbonyl (C=O) groups excluding carboxylic acids is 1. The molecular formula is C15H18N2OS. The molecule has 2 aromatic rings. The van der Waals surface area contributed by atoms with Crippen LogP contribution < -0.4 is 10.6 Å². The van der Waals surface area contributed by atoms with E-state index in [-0.39, 0.29) is 5.91 Å². The molecule has 1 heterocycles. The maximum absolute atomic E-state index is 12.2. The summed E-state index contributed by atoms with van der Waals surface area (Å²) < 4.78 is 0. The van der Waals surface area contributed by atoms with Crippen molar-refractivity contribution in [2.24, 2.45) is 0 Å². The molecule has 0 radical (unpaired) electrons. The van der Waals surface area contributed by atoms with Gasteiger partial charge in [0, 0.05) is 17.1 Å². The van der Waals surface area contributed by atoms with Crippen molar-refractivity contribution in [3.05, 3.63) is 51.2 Å². The van der Waals surface area contributed by atoms with Gasteiger partial charge in [-0.1, -0.05) is 18.2 Å². The van der Waals surface area contributed by atoms with E-state index >= 15 is 0 Å². The SMILES string of the molecule is CNCc1ccccc1NC(=O)c1cc(C)c(C)s1. The Labute approximate surface area is 117 Å². The zero-order valence-corrected chi connectivity index (χ0v) is 12.2. The molecule has 3 nitrogen and oxygen atoms in total. The molecule has 0 aliphatic rings. The summed E-state index contributed by atoms with van der Waals surface area (Å²) in [4.78, 5) is 14.2. The van der Waals surface area contributed by atoms with Gasteiger partial charge in [-0.2, -0.15) is 0 Å². The fraction of sp³-hybridized carbons (Fsp3) is 0.267. The van der Waals surface area contributed by atoms with E-state index in [1.54, 1.807) is 0 Å². The van der Waals surface area contributed by atoms with Crippen LogP contribution in [0.1, 0.15) is 25.7 Å². The maximum atomic E-state index is 12.2. The highest BCUT2D eigenvalue weighted by Crippen LogP contribution is 2.22. The molecular weight excluding hydrogens is 256 g/mol. The van der Waals surface area contributed by atoms with E-state index in [4.69, 9.17) is 0 Å². The van der Waals surface area contributed by atoms with Gasteiger partial charge in [-0.25, -0.2) is 0 Å². The van der Waals surface area contributed by atoms with Crippen LogP contribution in [0, 0.1) is 13.8 Å². The Morgan fingerprint density at radius 3 is 2.63 bits per heavy atom. The van der Waals surface area contributed by atoms with Crippen LogP contribution in [0.5, 0.6) is 0 Å². The summed E-state index contributed by atoms with van der Waals surface area (Å²) in [6.07, 6.45) is 0. The standard InChI is InChI=1S/C15H18N2OS/c1-10-8-14(19-11(10)2)15(18)17-13-7-5-4-6-12(13)9-16-3/h4-8,16H,9H2,1-3H3,(H,17,18). The normalized spacial score (nSPS) is 10.5. The van der Waals surface area contributed by atoms with Gasteiger partial charge in [0.25, 0.3) is 5.91 Å². The van der Waals surface area contributed by atoms with Crippen molar-refractivity contribution in [2.75, 3.05) is 12.4 Å². The third-order valence-corrected chi connectivity index (χ3v) is 4.17. The molecule has 0 aliphatic carbocycles. The highest BCUT2D eigenvalue weighted by atomic mass is 32.1. The number of hydrogen-bond donors (Lipinski definition) is 2. The van der Waals surface area contributed by atoms with Crippen molar-refractivity contribution in [2.45, 2.75) is 20.4 Å². The minimum atomic E-state index is -0.0373. The monoisotopic (exact) mass is 274 g/mol. The molecule has 2 rings (SSSR count). The Kier molecular flexibility index (Phi) is 4.35. The second-order valence-corrected chi connectivity index (χ2v) is 5.75. The minimum absolute atomic E-state index is 0.0373. The third-order valence-electron chi connectivity index (χ3n) is 3.02. The smallest absolute Gasteiger partial charge is 0.265 e. The Hall–Kier alpha value is -1.65. The Balaban J connectivity index is 2.19. The molecule has 2 N–H and O–H groups in total. The van der Waals surface area contributed by atoms with Crippen LogP contribution in [0.25, 0.3) is 0 Å². The first kappa shape index (κ1) is 13.8. The number of nitrogens with one attached hydrogen (secondary N) is 2. The van der Waals surface area contributed by atoms with Crippen molar-refractivity contribution >= 4 is 22.9 Å². The molecule has 19 heavy (non-hydrogen) atoms. The first-order valence-corrected chi connectivity index (χ1v) is 7.04.